The molecule has 10 rings (SSSR count). The number of aromatic amines is 1. The van der Waals surface area contributed by atoms with Gasteiger partial charge >= 0.3 is 0 Å². The lowest BCUT2D eigenvalue weighted by Gasteiger charge is -2.21. The molecule has 2 heterocycles. The van der Waals surface area contributed by atoms with Crippen LogP contribution in [0.3, 0.4) is 0 Å². The van der Waals surface area contributed by atoms with Crippen LogP contribution >= 0.6 is 0 Å². The monoisotopic (exact) mass is 1360 g/mol. The molecule has 0 atom stereocenters. The maximum absolute atomic E-state index is 11.1. The number of hydrogen-bond donors (Lipinski definition) is 1. The molecule has 2 aromatic heterocycles. The van der Waals surface area contributed by atoms with Gasteiger partial charge in [-0.3, -0.25) is 9.78 Å². The molecule has 0 fully saturated rings. The average Bonchev–Trinajstić information content (AvgIpc) is 1.67. The molecule has 1 aliphatic carbocycles. The molecule has 0 spiro atoms. The number of carbonyl (C=O) groups is 1. The Morgan fingerprint density at radius 3 is 0.909 bits per heavy atom. The van der Waals surface area contributed by atoms with E-state index in [0.29, 0.717) is 21.7 Å². The fraction of sp³-hybridized carbons (Fsp3) is 0.537. The van der Waals surface area contributed by atoms with Gasteiger partial charge in [-0.05, 0) is 102 Å². The van der Waals surface area contributed by atoms with Gasteiger partial charge in [0.2, 0.25) is 5.91 Å². The van der Waals surface area contributed by atoms with E-state index < -0.39 is 0 Å². The van der Waals surface area contributed by atoms with Crippen molar-refractivity contribution >= 4 is 49.3 Å². The van der Waals surface area contributed by atoms with E-state index in [0.717, 1.165) is 5.52 Å². The van der Waals surface area contributed by atoms with Crippen molar-refractivity contribution in [1.29, 1.82) is 0 Å². The molecule has 1 aliphatic rings. The highest BCUT2D eigenvalue weighted by Gasteiger charge is 2.22. The van der Waals surface area contributed by atoms with Crippen LogP contribution in [-0.4, -0.2) is 34.9 Å². The molecule has 0 saturated carbocycles. The maximum Gasteiger partial charge on any atom is 0.227 e. The summed E-state index contributed by atoms with van der Waals surface area (Å²) in [4.78, 5) is 20.3. The molecular weight excluding hydrogens is 1200 g/mol. The van der Waals surface area contributed by atoms with Gasteiger partial charge in [0.25, 0.3) is 0 Å². The number of nitrogens with zero attached hydrogens (tertiary/aromatic N) is 2. The van der Waals surface area contributed by atoms with Gasteiger partial charge in [-0.15, -0.1) is 0 Å². The van der Waals surface area contributed by atoms with Crippen LogP contribution in [0, 0.1) is 21.7 Å². The summed E-state index contributed by atoms with van der Waals surface area (Å²) in [7, 11) is 3.54. The minimum atomic E-state index is -0.233. The van der Waals surface area contributed by atoms with E-state index in [-0.39, 0.29) is 16.7 Å². The number of rotatable bonds is 0. The number of amides is 1. The Balaban J connectivity index is -0.000000129. The molecule has 99 heavy (non-hydrogen) atoms. The highest BCUT2D eigenvalue weighted by molar-refractivity contribution is 5.90. The lowest BCUT2D eigenvalue weighted by molar-refractivity contribution is -0.136. The number of hydrogen-bond acceptors (Lipinski definition) is 2. The number of H-pyrrole nitrogens is 1. The first-order valence-corrected chi connectivity index (χ1v) is 38.5. The first-order chi connectivity index (χ1) is 46.4. The van der Waals surface area contributed by atoms with E-state index >= 15 is 0 Å². The van der Waals surface area contributed by atoms with Gasteiger partial charge < -0.3 is 9.88 Å². The summed E-state index contributed by atoms with van der Waals surface area (Å²) in [5, 5.41) is 8.04. The number of pyridine rings is 1. The van der Waals surface area contributed by atoms with Gasteiger partial charge in [0, 0.05) is 47.7 Å². The molecule has 0 radical (unpaired) electrons. The van der Waals surface area contributed by atoms with Gasteiger partial charge in [-0.2, -0.15) is 0 Å². The third kappa shape index (κ3) is 63.4. The van der Waals surface area contributed by atoms with E-state index in [1.165, 1.54) is 73.1 Å². The van der Waals surface area contributed by atoms with Gasteiger partial charge in [0.1, 0.15) is 0 Å². The Morgan fingerprint density at radius 1 is 0.333 bits per heavy atom. The minimum absolute atomic E-state index is 0.169. The molecule has 4 heteroatoms. The van der Waals surface area contributed by atoms with Crippen LogP contribution in [0.15, 0.2) is 188 Å². The van der Waals surface area contributed by atoms with Crippen molar-refractivity contribution in [2.45, 2.75) is 308 Å². The first-order valence-electron chi connectivity index (χ1n) is 38.5. The number of fused-ring (bicyclic) bond motifs is 3. The fourth-order valence-corrected chi connectivity index (χ4v) is 7.42. The smallest absolute Gasteiger partial charge is 0.227 e. The van der Waals surface area contributed by atoms with E-state index in [9.17, 15) is 4.79 Å². The van der Waals surface area contributed by atoms with Crippen LogP contribution in [-0.2, 0) is 28.5 Å². The SMILES string of the molecule is CC.CC.CC.CC.CC.CC.CC.CC.CC.CC.CC(C)(C)C.CC(C)(C)C.CC(C)(C)C.CC(C)(C)c1cc2ccccc2[nH]1.CC(C)(C)c1ccccc1.CN(C)C(=O)C(C)(C)C.c1cc2c3c(cccc3c1)CC2.c1ccc2ccccc2c1.c1ccc2ncccc2c1. The second-order valence-electron chi connectivity index (χ2n) is 28.6. The predicted octanol–water partition coefficient (Wildman–Crippen LogP) is 32.0. The van der Waals surface area contributed by atoms with Crippen LogP contribution in [0.1, 0.15) is 306 Å². The van der Waals surface area contributed by atoms with Crippen LogP contribution in [0.4, 0.5) is 0 Å². The van der Waals surface area contributed by atoms with Crippen molar-refractivity contribution in [3.8, 4) is 0 Å². The lowest BCUT2D eigenvalue weighted by Crippen LogP contribution is -2.33. The van der Waals surface area contributed by atoms with Crippen LogP contribution < -0.4 is 0 Å². The summed E-state index contributed by atoms with van der Waals surface area (Å²) < 4.78 is 0. The zero-order chi connectivity index (χ0) is 79.8. The van der Waals surface area contributed by atoms with Crippen molar-refractivity contribution in [1.82, 2.24) is 14.9 Å². The second kappa shape index (κ2) is 66.1. The van der Waals surface area contributed by atoms with E-state index in [4.69, 9.17) is 0 Å². The molecule has 1 N–H and O–H groups in total. The molecule has 0 unspecified atom stereocenters. The van der Waals surface area contributed by atoms with E-state index in [2.05, 4.69) is 292 Å². The summed E-state index contributed by atoms with van der Waals surface area (Å²) in [5.74, 6) is 0.169. The number of nitrogens with one attached hydrogen (secondary N) is 1. The Hall–Kier alpha value is -6.52. The van der Waals surface area contributed by atoms with Crippen molar-refractivity contribution in [2.75, 3.05) is 14.1 Å². The number of carbonyl (C=O) groups excluding carboxylic acids is 1. The zero-order valence-corrected chi connectivity index (χ0v) is 73.6. The topological polar surface area (TPSA) is 49.0 Å². The molecule has 9 aromatic rings. The van der Waals surface area contributed by atoms with Gasteiger partial charge in [-0.25, -0.2) is 0 Å². The predicted molar refractivity (Wildman–Crippen MR) is 466 cm³/mol. The van der Waals surface area contributed by atoms with Crippen molar-refractivity contribution < 1.29 is 4.79 Å². The third-order valence-corrected chi connectivity index (χ3v) is 10.9. The van der Waals surface area contributed by atoms with Crippen molar-refractivity contribution in [2.24, 2.45) is 21.7 Å². The number of aryl methyl sites for hydroxylation is 2. The standard InChI is InChI=1S/C12H15N.C12H10.C10H8.C10H14.C9H7N.C7H15NO.3C5H12.10C2H6/c1-12(2,3)11-8-9-6-4-5-7-10(9)13-11;1-3-9-4-2-6-11-8-7-10(5-1)12(9)11;1-2-6-10-8-4-3-7-9(10)5-1;1-10(2,3)9-7-5-4-6-8-9;1-2-6-9-8(4-1)5-3-7-10-9;1-7(2,3)6(9)8(4)5;3*1-5(2,3)4;10*1-2/h4-8,13H,1-3H3;1-6H,7-8H2;1-8H;4-8H,1-3H3;1-7H;1-5H3;3*1-4H3;10*1-2H3. The molecule has 4 nitrogen and oxygen atoms in total. The molecule has 0 bridgehead atoms. The van der Waals surface area contributed by atoms with E-state index in [1.807, 2.05) is 190 Å². The lowest BCUT2D eigenvalue weighted by atomic mass is 9.87. The highest BCUT2D eigenvalue weighted by Crippen LogP contribution is 2.30. The molecule has 0 saturated heterocycles. The van der Waals surface area contributed by atoms with Gasteiger partial charge in [0.15, 0.2) is 0 Å². The Kier molecular flexibility index (Phi) is 74.1. The molecule has 1 amide bonds. The van der Waals surface area contributed by atoms with Crippen LogP contribution in [0.2, 0.25) is 0 Å². The molecule has 0 aliphatic heterocycles. The Labute approximate surface area is 619 Å². The van der Waals surface area contributed by atoms with Gasteiger partial charge in [-0.1, -0.05) is 442 Å². The quantitative estimate of drug-likeness (QED) is 0.164. The molecular formula is C95H165N3O. The Bertz CT molecular complexity index is 2810. The summed E-state index contributed by atoms with van der Waals surface area (Å²) in [6.07, 6.45) is 4.27. The largest absolute Gasteiger partial charge is 0.358 e. The molecule has 566 valence electrons. The highest BCUT2D eigenvalue weighted by atomic mass is 16.2. The minimum Gasteiger partial charge on any atom is -0.358 e. The van der Waals surface area contributed by atoms with Crippen molar-refractivity contribution in [3.63, 3.8) is 0 Å². The first kappa shape index (κ1) is 111. The average molecular weight is 1370 g/mol. The third-order valence-electron chi connectivity index (χ3n) is 10.9. The fourth-order valence-electron chi connectivity index (χ4n) is 7.42. The summed E-state index contributed by atoms with van der Waals surface area (Å²) in [6, 6.07) is 63.2. The zero-order valence-electron chi connectivity index (χ0n) is 73.6. The Morgan fingerprint density at radius 2 is 0.626 bits per heavy atom. The van der Waals surface area contributed by atoms with E-state index in [1.54, 1.807) is 19.0 Å². The summed E-state index contributed by atoms with van der Waals surface area (Å²) >= 11 is 0. The number of para-hydroxylation sites is 2. The van der Waals surface area contributed by atoms with Gasteiger partial charge in [0.05, 0.1) is 5.52 Å². The normalized spacial score (nSPS) is 9.93. The molecule has 7 aromatic carbocycles. The summed E-state index contributed by atoms with van der Waals surface area (Å²) in [6.45, 7) is 85.3. The summed E-state index contributed by atoms with van der Waals surface area (Å²) in [5.41, 5.74) is 9.82. The van der Waals surface area contributed by atoms with Crippen molar-refractivity contribution in [3.05, 3.63) is 211 Å². The maximum atomic E-state index is 11.1. The van der Waals surface area contributed by atoms with Crippen LogP contribution in [0.25, 0.3) is 43.4 Å². The van der Waals surface area contributed by atoms with Crippen LogP contribution in [0.5, 0.6) is 0 Å². The number of benzene rings is 7. The second-order valence-corrected chi connectivity index (χ2v) is 28.6. The number of aromatic nitrogens is 2.